The summed E-state index contributed by atoms with van der Waals surface area (Å²) in [7, 11) is 1.98. The van der Waals surface area contributed by atoms with E-state index in [0.29, 0.717) is 6.04 Å². The normalized spacial score (nSPS) is 18.3. The SMILES string of the molecule is Cc1cc(NCc2c(C)cnn2C)cnc1N1CCCCC1C. The lowest BCUT2D eigenvalue weighted by atomic mass is 10.0. The van der Waals surface area contributed by atoms with Gasteiger partial charge < -0.3 is 10.2 Å². The standard InChI is InChI=1S/C18H27N5/c1-13-9-16(19-12-17-14(2)10-21-22(17)4)11-20-18(13)23-8-6-5-7-15(23)3/h9-11,15,19H,5-8,12H2,1-4H3. The van der Waals surface area contributed by atoms with E-state index in [2.05, 4.69) is 42.2 Å². The molecule has 0 radical (unpaired) electrons. The lowest BCUT2D eigenvalue weighted by Gasteiger charge is -2.35. The minimum Gasteiger partial charge on any atom is -0.378 e. The molecule has 1 aliphatic heterocycles. The molecular formula is C18H27N5. The molecule has 1 saturated heterocycles. The third kappa shape index (κ3) is 3.33. The Hall–Kier alpha value is -2.04. The average molecular weight is 313 g/mol. The number of rotatable bonds is 4. The first-order chi connectivity index (χ1) is 11.1. The molecule has 1 unspecified atom stereocenters. The van der Waals surface area contributed by atoms with Crippen molar-refractivity contribution >= 4 is 11.5 Å². The second-order valence-electron chi connectivity index (χ2n) is 6.65. The van der Waals surface area contributed by atoms with Crippen molar-refractivity contribution in [1.29, 1.82) is 0 Å². The summed E-state index contributed by atoms with van der Waals surface area (Å²) in [4.78, 5) is 7.19. The van der Waals surface area contributed by atoms with Crippen LogP contribution in [0.5, 0.6) is 0 Å². The first kappa shape index (κ1) is 15.8. The van der Waals surface area contributed by atoms with Crippen LogP contribution in [0.3, 0.4) is 0 Å². The van der Waals surface area contributed by atoms with Crippen LogP contribution in [0.25, 0.3) is 0 Å². The Morgan fingerprint density at radius 1 is 1.22 bits per heavy atom. The van der Waals surface area contributed by atoms with Gasteiger partial charge in [-0.3, -0.25) is 4.68 Å². The van der Waals surface area contributed by atoms with Crippen LogP contribution in [-0.2, 0) is 13.6 Å². The third-order valence-electron chi connectivity index (χ3n) is 4.86. The summed E-state index contributed by atoms with van der Waals surface area (Å²) in [5.41, 5.74) is 4.72. The molecule has 0 aliphatic carbocycles. The second kappa shape index (κ2) is 6.60. The van der Waals surface area contributed by atoms with E-state index < -0.39 is 0 Å². The van der Waals surface area contributed by atoms with Gasteiger partial charge in [0.25, 0.3) is 0 Å². The fourth-order valence-corrected chi connectivity index (χ4v) is 3.39. The molecular weight excluding hydrogens is 286 g/mol. The zero-order chi connectivity index (χ0) is 16.4. The lowest BCUT2D eigenvalue weighted by molar-refractivity contribution is 0.480. The van der Waals surface area contributed by atoms with E-state index >= 15 is 0 Å². The van der Waals surface area contributed by atoms with Crippen molar-refractivity contribution in [3.05, 3.63) is 35.3 Å². The molecule has 1 atom stereocenters. The summed E-state index contributed by atoms with van der Waals surface area (Å²) in [6.07, 6.45) is 7.73. The minimum absolute atomic E-state index is 0.589. The molecule has 1 aliphatic rings. The summed E-state index contributed by atoms with van der Waals surface area (Å²) in [6.45, 7) is 8.44. The van der Waals surface area contributed by atoms with Crippen LogP contribution in [0.2, 0.25) is 0 Å². The Morgan fingerprint density at radius 3 is 2.70 bits per heavy atom. The van der Waals surface area contributed by atoms with Gasteiger partial charge in [0, 0.05) is 19.6 Å². The summed E-state index contributed by atoms with van der Waals surface area (Å²) in [5.74, 6) is 1.14. The van der Waals surface area contributed by atoms with Gasteiger partial charge in [-0.2, -0.15) is 5.10 Å². The molecule has 3 heterocycles. The van der Waals surface area contributed by atoms with Crippen LogP contribution in [-0.4, -0.2) is 27.4 Å². The van der Waals surface area contributed by atoms with Gasteiger partial charge in [0.05, 0.1) is 30.3 Å². The summed E-state index contributed by atoms with van der Waals surface area (Å²) < 4.78 is 1.92. The third-order valence-corrected chi connectivity index (χ3v) is 4.86. The Bertz CT molecular complexity index is 657. The van der Waals surface area contributed by atoms with E-state index in [1.807, 2.05) is 24.1 Å². The quantitative estimate of drug-likeness (QED) is 0.939. The highest BCUT2D eigenvalue weighted by Crippen LogP contribution is 2.27. The predicted octanol–water partition coefficient (Wildman–Crippen LogP) is 3.42. The number of piperidine rings is 1. The van der Waals surface area contributed by atoms with Crippen molar-refractivity contribution in [2.45, 2.75) is 52.6 Å². The van der Waals surface area contributed by atoms with Gasteiger partial charge in [0.1, 0.15) is 5.82 Å². The number of nitrogens with zero attached hydrogens (tertiary/aromatic N) is 4. The maximum absolute atomic E-state index is 4.74. The zero-order valence-electron chi connectivity index (χ0n) is 14.6. The molecule has 5 nitrogen and oxygen atoms in total. The van der Waals surface area contributed by atoms with E-state index in [1.54, 1.807) is 0 Å². The first-order valence-corrected chi connectivity index (χ1v) is 8.51. The Balaban J connectivity index is 1.72. The van der Waals surface area contributed by atoms with Gasteiger partial charge in [-0.15, -0.1) is 0 Å². The van der Waals surface area contributed by atoms with Crippen molar-refractivity contribution in [2.75, 3.05) is 16.8 Å². The average Bonchev–Trinajstić information content (AvgIpc) is 2.85. The number of hydrogen-bond acceptors (Lipinski definition) is 4. The van der Waals surface area contributed by atoms with Crippen LogP contribution < -0.4 is 10.2 Å². The largest absolute Gasteiger partial charge is 0.378 e. The Kier molecular flexibility index (Phi) is 4.55. The number of hydrogen-bond donors (Lipinski definition) is 1. The summed E-state index contributed by atoms with van der Waals surface area (Å²) in [6, 6.07) is 2.79. The van der Waals surface area contributed by atoms with Crippen molar-refractivity contribution < 1.29 is 0 Å². The predicted molar refractivity (Wildman–Crippen MR) is 94.9 cm³/mol. The van der Waals surface area contributed by atoms with E-state index in [0.717, 1.165) is 24.6 Å². The molecule has 0 bridgehead atoms. The smallest absolute Gasteiger partial charge is 0.131 e. The highest BCUT2D eigenvalue weighted by atomic mass is 15.3. The van der Waals surface area contributed by atoms with Crippen LogP contribution in [0.15, 0.2) is 18.5 Å². The molecule has 1 fully saturated rings. The van der Waals surface area contributed by atoms with Crippen molar-refractivity contribution in [2.24, 2.45) is 7.05 Å². The molecule has 0 spiro atoms. The van der Waals surface area contributed by atoms with Crippen LogP contribution in [0.4, 0.5) is 11.5 Å². The topological polar surface area (TPSA) is 46.0 Å². The van der Waals surface area contributed by atoms with Crippen molar-refractivity contribution in [1.82, 2.24) is 14.8 Å². The molecule has 0 saturated carbocycles. The number of aromatic nitrogens is 3. The molecule has 3 rings (SSSR count). The van der Waals surface area contributed by atoms with Gasteiger partial charge in [0.2, 0.25) is 0 Å². The molecule has 23 heavy (non-hydrogen) atoms. The second-order valence-corrected chi connectivity index (χ2v) is 6.65. The van der Waals surface area contributed by atoms with Crippen molar-refractivity contribution in [3.8, 4) is 0 Å². The van der Waals surface area contributed by atoms with Gasteiger partial charge in [-0.1, -0.05) is 0 Å². The fraction of sp³-hybridized carbons (Fsp3) is 0.556. The van der Waals surface area contributed by atoms with Crippen molar-refractivity contribution in [3.63, 3.8) is 0 Å². The van der Waals surface area contributed by atoms with Gasteiger partial charge in [-0.25, -0.2) is 4.98 Å². The lowest BCUT2D eigenvalue weighted by Crippen LogP contribution is -2.38. The monoisotopic (exact) mass is 313 g/mol. The maximum atomic E-state index is 4.74. The van der Waals surface area contributed by atoms with Gasteiger partial charge >= 0.3 is 0 Å². The molecule has 2 aromatic rings. The number of nitrogens with one attached hydrogen (secondary N) is 1. The fourth-order valence-electron chi connectivity index (χ4n) is 3.39. The summed E-state index contributed by atoms with van der Waals surface area (Å²) >= 11 is 0. The molecule has 124 valence electrons. The molecule has 0 amide bonds. The maximum Gasteiger partial charge on any atom is 0.131 e. The van der Waals surface area contributed by atoms with Crippen LogP contribution in [0, 0.1) is 13.8 Å². The molecule has 1 N–H and O–H groups in total. The molecule has 5 heteroatoms. The summed E-state index contributed by atoms with van der Waals surface area (Å²) in [5, 5.41) is 7.75. The highest BCUT2D eigenvalue weighted by Gasteiger charge is 2.21. The Morgan fingerprint density at radius 2 is 2.04 bits per heavy atom. The molecule has 0 aromatic carbocycles. The highest BCUT2D eigenvalue weighted by molar-refractivity contribution is 5.55. The first-order valence-electron chi connectivity index (χ1n) is 8.51. The minimum atomic E-state index is 0.589. The number of anilines is 2. The number of aryl methyl sites for hydroxylation is 3. The van der Waals surface area contributed by atoms with E-state index in [-0.39, 0.29) is 0 Å². The van der Waals surface area contributed by atoms with Crippen LogP contribution in [0.1, 0.15) is 43.0 Å². The number of pyridine rings is 1. The van der Waals surface area contributed by atoms with E-state index in [1.165, 1.54) is 36.1 Å². The zero-order valence-corrected chi connectivity index (χ0v) is 14.6. The van der Waals surface area contributed by atoms with E-state index in [9.17, 15) is 0 Å². The van der Waals surface area contributed by atoms with E-state index in [4.69, 9.17) is 4.98 Å². The van der Waals surface area contributed by atoms with Crippen LogP contribution >= 0.6 is 0 Å². The van der Waals surface area contributed by atoms with Gasteiger partial charge in [0.15, 0.2) is 0 Å². The van der Waals surface area contributed by atoms with Gasteiger partial charge in [-0.05, 0) is 57.2 Å². The molecule has 2 aromatic heterocycles. The Labute approximate surface area is 138 Å².